The third kappa shape index (κ3) is 4.28. The van der Waals surface area contributed by atoms with Crippen LogP contribution in [0, 0.1) is 0 Å². The SMILES string of the molecule is CCCCOCCS(=O)c1ccncc1N. The molecule has 1 atom stereocenters. The molecule has 0 saturated carbocycles. The number of pyridine rings is 1. The zero-order valence-corrected chi connectivity index (χ0v) is 10.3. The Morgan fingerprint density at radius 1 is 1.50 bits per heavy atom. The third-order valence-corrected chi connectivity index (χ3v) is 3.51. The van der Waals surface area contributed by atoms with Crippen molar-refractivity contribution in [2.24, 2.45) is 0 Å². The molecule has 0 aliphatic carbocycles. The first-order valence-corrected chi connectivity index (χ1v) is 6.73. The van der Waals surface area contributed by atoms with Crippen molar-refractivity contribution in [3.8, 4) is 0 Å². The van der Waals surface area contributed by atoms with Crippen LogP contribution in [0.3, 0.4) is 0 Å². The summed E-state index contributed by atoms with van der Waals surface area (Å²) in [6.45, 7) is 3.35. The molecule has 0 aliphatic heterocycles. The molecule has 0 saturated heterocycles. The molecule has 90 valence electrons. The minimum absolute atomic E-state index is 0.481. The Bertz CT molecular complexity index is 345. The fraction of sp³-hybridized carbons (Fsp3) is 0.545. The van der Waals surface area contributed by atoms with Crippen LogP contribution in [0.4, 0.5) is 5.69 Å². The van der Waals surface area contributed by atoms with E-state index in [1.54, 1.807) is 12.3 Å². The number of rotatable bonds is 7. The Morgan fingerprint density at radius 2 is 2.31 bits per heavy atom. The summed E-state index contributed by atoms with van der Waals surface area (Å²) in [6.07, 6.45) is 5.27. The van der Waals surface area contributed by atoms with Crippen molar-refractivity contribution in [2.45, 2.75) is 24.7 Å². The van der Waals surface area contributed by atoms with E-state index in [4.69, 9.17) is 10.5 Å². The zero-order valence-electron chi connectivity index (χ0n) is 9.52. The van der Waals surface area contributed by atoms with Gasteiger partial charge in [-0.25, -0.2) is 0 Å². The van der Waals surface area contributed by atoms with Gasteiger partial charge in [0.25, 0.3) is 0 Å². The van der Waals surface area contributed by atoms with E-state index in [1.807, 2.05) is 0 Å². The molecular weight excluding hydrogens is 224 g/mol. The van der Waals surface area contributed by atoms with Crippen LogP contribution in [0.2, 0.25) is 0 Å². The molecule has 4 nitrogen and oxygen atoms in total. The summed E-state index contributed by atoms with van der Waals surface area (Å²) in [4.78, 5) is 4.50. The highest BCUT2D eigenvalue weighted by atomic mass is 32.2. The molecule has 0 amide bonds. The summed E-state index contributed by atoms with van der Waals surface area (Å²) in [6, 6.07) is 1.69. The minimum Gasteiger partial charge on any atom is -0.396 e. The molecule has 0 bridgehead atoms. The molecule has 0 spiro atoms. The van der Waals surface area contributed by atoms with Gasteiger partial charge in [-0.05, 0) is 12.5 Å². The van der Waals surface area contributed by atoms with Crippen LogP contribution in [0.1, 0.15) is 19.8 Å². The van der Waals surface area contributed by atoms with E-state index in [1.165, 1.54) is 6.20 Å². The predicted octanol–water partition coefficient (Wildman–Crippen LogP) is 1.59. The average molecular weight is 242 g/mol. The molecule has 0 radical (unpaired) electrons. The smallest absolute Gasteiger partial charge is 0.0664 e. The van der Waals surface area contributed by atoms with Crippen LogP contribution >= 0.6 is 0 Å². The van der Waals surface area contributed by atoms with Gasteiger partial charge in [-0.2, -0.15) is 0 Å². The summed E-state index contributed by atoms with van der Waals surface area (Å²) < 4.78 is 17.2. The molecule has 5 heteroatoms. The average Bonchev–Trinajstić information content (AvgIpc) is 2.29. The lowest BCUT2D eigenvalue weighted by molar-refractivity contribution is 0.146. The van der Waals surface area contributed by atoms with Gasteiger partial charge in [-0.15, -0.1) is 0 Å². The summed E-state index contributed by atoms with van der Waals surface area (Å²) in [5, 5.41) is 0. The Balaban J connectivity index is 2.33. The molecule has 0 aliphatic rings. The van der Waals surface area contributed by atoms with Gasteiger partial charge in [0.1, 0.15) is 0 Å². The highest BCUT2D eigenvalue weighted by Gasteiger charge is 2.07. The number of nitrogens with two attached hydrogens (primary N) is 1. The molecule has 0 aromatic carbocycles. The van der Waals surface area contributed by atoms with Gasteiger partial charge >= 0.3 is 0 Å². The van der Waals surface area contributed by atoms with Crippen molar-refractivity contribution in [3.05, 3.63) is 18.5 Å². The van der Waals surface area contributed by atoms with Gasteiger partial charge in [0.2, 0.25) is 0 Å². The van der Waals surface area contributed by atoms with Crippen molar-refractivity contribution >= 4 is 16.5 Å². The number of anilines is 1. The molecule has 1 rings (SSSR count). The fourth-order valence-electron chi connectivity index (χ4n) is 1.19. The highest BCUT2D eigenvalue weighted by Crippen LogP contribution is 2.13. The van der Waals surface area contributed by atoms with E-state index < -0.39 is 10.8 Å². The van der Waals surface area contributed by atoms with Crippen LogP contribution in [0.25, 0.3) is 0 Å². The van der Waals surface area contributed by atoms with E-state index in [0.29, 0.717) is 22.9 Å². The van der Waals surface area contributed by atoms with Crippen LogP contribution in [-0.4, -0.2) is 28.2 Å². The van der Waals surface area contributed by atoms with Crippen LogP contribution in [0.5, 0.6) is 0 Å². The summed E-state index contributed by atoms with van der Waals surface area (Å²) in [5.74, 6) is 0.484. The maximum Gasteiger partial charge on any atom is 0.0664 e. The Labute approximate surface area is 98.7 Å². The number of hydrogen-bond acceptors (Lipinski definition) is 4. The first-order chi connectivity index (χ1) is 7.75. The lowest BCUT2D eigenvalue weighted by Crippen LogP contribution is -2.09. The third-order valence-electron chi connectivity index (χ3n) is 2.11. The van der Waals surface area contributed by atoms with Crippen LogP contribution < -0.4 is 5.73 Å². The second kappa shape index (κ2) is 7.35. The van der Waals surface area contributed by atoms with Crippen LogP contribution in [-0.2, 0) is 15.5 Å². The fourth-order valence-corrected chi connectivity index (χ4v) is 2.21. The van der Waals surface area contributed by atoms with Crippen LogP contribution in [0.15, 0.2) is 23.4 Å². The van der Waals surface area contributed by atoms with E-state index in [9.17, 15) is 4.21 Å². The number of ether oxygens (including phenoxy) is 1. The largest absolute Gasteiger partial charge is 0.396 e. The summed E-state index contributed by atoms with van der Waals surface area (Å²) >= 11 is 0. The van der Waals surface area contributed by atoms with Crippen molar-refractivity contribution < 1.29 is 8.95 Å². The number of hydrogen-bond donors (Lipinski definition) is 1. The van der Waals surface area contributed by atoms with Gasteiger partial charge in [0, 0.05) is 12.8 Å². The molecular formula is C11H18N2O2S. The molecule has 16 heavy (non-hydrogen) atoms. The van der Waals surface area contributed by atoms with Crippen molar-refractivity contribution in [3.63, 3.8) is 0 Å². The summed E-state index contributed by atoms with van der Waals surface area (Å²) in [7, 11) is -1.09. The number of nitrogen functional groups attached to an aromatic ring is 1. The first kappa shape index (κ1) is 13.1. The topological polar surface area (TPSA) is 65.2 Å². The Kier molecular flexibility index (Phi) is 6.03. The quantitative estimate of drug-likeness (QED) is 0.737. The van der Waals surface area contributed by atoms with Gasteiger partial charge in [-0.3, -0.25) is 9.19 Å². The maximum atomic E-state index is 11.8. The zero-order chi connectivity index (χ0) is 11.8. The Hall–Kier alpha value is -0.940. The van der Waals surface area contributed by atoms with Crippen molar-refractivity contribution in [2.75, 3.05) is 24.7 Å². The highest BCUT2D eigenvalue weighted by molar-refractivity contribution is 7.85. The normalized spacial score (nSPS) is 12.6. The van der Waals surface area contributed by atoms with E-state index in [2.05, 4.69) is 11.9 Å². The van der Waals surface area contributed by atoms with Crippen molar-refractivity contribution in [1.82, 2.24) is 4.98 Å². The first-order valence-electron chi connectivity index (χ1n) is 5.41. The van der Waals surface area contributed by atoms with Gasteiger partial charge in [0.15, 0.2) is 0 Å². The van der Waals surface area contributed by atoms with Gasteiger partial charge < -0.3 is 10.5 Å². The monoisotopic (exact) mass is 242 g/mol. The standard InChI is InChI=1S/C11H18N2O2S/c1-2-3-6-15-7-8-16(14)11-4-5-13-9-10(11)12/h4-5,9H,2-3,6-8,12H2,1H3. The Morgan fingerprint density at radius 3 is 3.00 bits per heavy atom. The van der Waals surface area contributed by atoms with Gasteiger partial charge in [-0.1, -0.05) is 13.3 Å². The molecule has 1 aromatic rings. The van der Waals surface area contributed by atoms with Gasteiger partial charge in [0.05, 0.1) is 39.9 Å². The minimum atomic E-state index is -1.09. The maximum absolute atomic E-state index is 11.8. The number of nitrogens with zero attached hydrogens (tertiary/aromatic N) is 1. The molecule has 0 fully saturated rings. The number of unbranched alkanes of at least 4 members (excludes halogenated alkanes) is 1. The molecule has 1 aromatic heterocycles. The second-order valence-electron chi connectivity index (χ2n) is 3.43. The lowest BCUT2D eigenvalue weighted by Gasteiger charge is -2.05. The molecule has 1 unspecified atom stereocenters. The van der Waals surface area contributed by atoms with E-state index in [-0.39, 0.29) is 0 Å². The molecule has 1 heterocycles. The second-order valence-corrected chi connectivity index (χ2v) is 4.97. The predicted molar refractivity (Wildman–Crippen MR) is 65.7 cm³/mol. The number of aromatic nitrogens is 1. The summed E-state index contributed by atoms with van der Waals surface area (Å²) in [5.41, 5.74) is 6.16. The van der Waals surface area contributed by atoms with Crippen molar-refractivity contribution in [1.29, 1.82) is 0 Å². The van der Waals surface area contributed by atoms with E-state index >= 15 is 0 Å². The van der Waals surface area contributed by atoms with E-state index in [0.717, 1.165) is 19.4 Å². The molecule has 2 N–H and O–H groups in total. The lowest BCUT2D eigenvalue weighted by atomic mass is 10.4.